The molecule has 1 aliphatic rings. The maximum absolute atomic E-state index is 13.1. The lowest BCUT2D eigenvalue weighted by Crippen LogP contribution is -2.56. The van der Waals surface area contributed by atoms with Crippen molar-refractivity contribution in [2.75, 3.05) is 13.6 Å². The van der Waals surface area contributed by atoms with Gasteiger partial charge in [-0.3, -0.25) is 9.59 Å². The van der Waals surface area contributed by atoms with Crippen LogP contribution in [-0.4, -0.2) is 44.8 Å². The van der Waals surface area contributed by atoms with E-state index in [-0.39, 0.29) is 34.6 Å². The van der Waals surface area contributed by atoms with Gasteiger partial charge in [-0.05, 0) is 35.5 Å². The predicted octanol–water partition coefficient (Wildman–Crippen LogP) is 1.17. The van der Waals surface area contributed by atoms with Crippen molar-refractivity contribution in [3.63, 3.8) is 0 Å². The van der Waals surface area contributed by atoms with E-state index in [0.29, 0.717) is 11.1 Å². The lowest BCUT2D eigenvalue weighted by atomic mass is 9.97. The molecular formula is C20H21N3O4S. The molecule has 0 radical (unpaired) electrons. The quantitative estimate of drug-likeness (QED) is 0.784. The standard InChI is InChI=1S/C20H21N3O4S/c1-23-13-19(24)22-17(20(23)25)11-14(12-21)16-9-5-6-10-18(16)28(26,27)15-7-3-2-4-8-15/h2-10,12,17H,11,13,21H2,1H3,(H,22,24)/b14-12-/t17-/m0/s1. The van der Waals surface area contributed by atoms with Gasteiger partial charge < -0.3 is 16.0 Å². The first kappa shape index (κ1) is 19.6. The van der Waals surface area contributed by atoms with E-state index in [1.807, 2.05) is 0 Å². The molecule has 3 rings (SSSR count). The molecule has 0 aromatic heterocycles. The Balaban J connectivity index is 1.99. The highest BCUT2D eigenvalue weighted by molar-refractivity contribution is 7.91. The summed E-state index contributed by atoms with van der Waals surface area (Å²) < 4.78 is 26.2. The van der Waals surface area contributed by atoms with E-state index in [4.69, 9.17) is 5.73 Å². The van der Waals surface area contributed by atoms with Crippen LogP contribution in [0.3, 0.4) is 0 Å². The topological polar surface area (TPSA) is 110 Å². The van der Waals surface area contributed by atoms with Crippen LogP contribution in [0.4, 0.5) is 0 Å². The summed E-state index contributed by atoms with van der Waals surface area (Å²) in [4.78, 5) is 25.8. The molecule has 0 unspecified atom stereocenters. The summed E-state index contributed by atoms with van der Waals surface area (Å²) in [5.74, 6) is -0.518. The van der Waals surface area contributed by atoms with Crippen LogP contribution in [-0.2, 0) is 19.4 Å². The number of nitrogens with one attached hydrogen (secondary N) is 1. The summed E-state index contributed by atoms with van der Waals surface area (Å²) in [6.45, 7) is -0.00399. The summed E-state index contributed by atoms with van der Waals surface area (Å²) in [5, 5.41) is 2.65. The van der Waals surface area contributed by atoms with Crippen LogP contribution in [0, 0.1) is 0 Å². The highest BCUT2D eigenvalue weighted by Crippen LogP contribution is 2.30. The number of amides is 2. The van der Waals surface area contributed by atoms with E-state index in [9.17, 15) is 18.0 Å². The van der Waals surface area contributed by atoms with Gasteiger partial charge in [-0.25, -0.2) is 8.42 Å². The summed E-state index contributed by atoms with van der Waals surface area (Å²) >= 11 is 0. The number of carbonyl (C=O) groups is 2. The second kappa shape index (κ2) is 7.85. The summed E-state index contributed by atoms with van der Waals surface area (Å²) in [7, 11) is -2.23. The van der Waals surface area contributed by atoms with Gasteiger partial charge in [0.25, 0.3) is 0 Å². The Bertz CT molecular complexity index is 1030. The van der Waals surface area contributed by atoms with Crippen LogP contribution in [0.1, 0.15) is 12.0 Å². The molecule has 1 aliphatic heterocycles. The molecule has 3 N–H and O–H groups in total. The zero-order chi connectivity index (χ0) is 20.3. The van der Waals surface area contributed by atoms with Crippen LogP contribution < -0.4 is 11.1 Å². The van der Waals surface area contributed by atoms with Gasteiger partial charge in [0.2, 0.25) is 21.7 Å². The van der Waals surface area contributed by atoms with E-state index in [0.717, 1.165) is 0 Å². The van der Waals surface area contributed by atoms with E-state index < -0.39 is 15.9 Å². The summed E-state index contributed by atoms with van der Waals surface area (Å²) in [6.07, 6.45) is 1.38. The highest BCUT2D eigenvalue weighted by Gasteiger charge is 2.32. The molecule has 1 fully saturated rings. The molecular weight excluding hydrogens is 378 g/mol. The normalized spacial score (nSPS) is 18.1. The van der Waals surface area contributed by atoms with Gasteiger partial charge in [-0.15, -0.1) is 0 Å². The molecule has 0 aliphatic carbocycles. The Kier molecular flexibility index (Phi) is 5.51. The van der Waals surface area contributed by atoms with Crippen molar-refractivity contribution in [1.82, 2.24) is 10.2 Å². The zero-order valence-electron chi connectivity index (χ0n) is 15.3. The number of hydrogen-bond donors (Lipinski definition) is 2. The first-order valence-electron chi connectivity index (χ1n) is 8.69. The minimum atomic E-state index is -3.78. The average Bonchev–Trinajstić information content (AvgIpc) is 2.70. The number of nitrogens with two attached hydrogens (primary N) is 1. The maximum atomic E-state index is 13.1. The molecule has 2 aromatic carbocycles. The third-order valence-electron chi connectivity index (χ3n) is 4.59. The fraction of sp³-hybridized carbons (Fsp3) is 0.200. The van der Waals surface area contributed by atoms with E-state index in [2.05, 4.69) is 5.32 Å². The number of carbonyl (C=O) groups excluding carboxylic acids is 2. The maximum Gasteiger partial charge on any atom is 0.245 e. The molecule has 1 atom stereocenters. The van der Waals surface area contributed by atoms with Gasteiger partial charge >= 0.3 is 0 Å². The molecule has 28 heavy (non-hydrogen) atoms. The highest BCUT2D eigenvalue weighted by atomic mass is 32.2. The molecule has 146 valence electrons. The van der Waals surface area contributed by atoms with Crippen molar-refractivity contribution in [3.8, 4) is 0 Å². The van der Waals surface area contributed by atoms with Crippen molar-refractivity contribution in [1.29, 1.82) is 0 Å². The van der Waals surface area contributed by atoms with Crippen molar-refractivity contribution >= 4 is 27.2 Å². The second-order valence-electron chi connectivity index (χ2n) is 6.52. The SMILES string of the molecule is CN1CC(=O)N[C@@H](C/C(=C/N)c2ccccc2S(=O)(=O)c2ccccc2)C1=O. The van der Waals surface area contributed by atoms with E-state index >= 15 is 0 Å². The Hall–Kier alpha value is -3.13. The number of sulfone groups is 1. The third kappa shape index (κ3) is 3.77. The molecule has 8 heteroatoms. The minimum absolute atomic E-state index is 0.00399. The van der Waals surface area contributed by atoms with Crippen molar-refractivity contribution < 1.29 is 18.0 Å². The summed E-state index contributed by atoms with van der Waals surface area (Å²) in [6, 6.07) is 13.8. The molecule has 2 aromatic rings. The fourth-order valence-electron chi connectivity index (χ4n) is 3.18. The van der Waals surface area contributed by atoms with E-state index in [1.54, 1.807) is 43.4 Å². The van der Waals surface area contributed by atoms with Gasteiger partial charge in [-0.1, -0.05) is 36.4 Å². The van der Waals surface area contributed by atoms with Crippen LogP contribution in [0.15, 0.2) is 70.6 Å². The van der Waals surface area contributed by atoms with Crippen molar-refractivity contribution in [3.05, 3.63) is 66.4 Å². The zero-order valence-corrected chi connectivity index (χ0v) is 16.1. The molecule has 0 saturated carbocycles. The van der Waals surface area contributed by atoms with Crippen LogP contribution in [0.2, 0.25) is 0 Å². The lowest BCUT2D eigenvalue weighted by Gasteiger charge is -2.30. The Labute approximate surface area is 163 Å². The molecule has 0 spiro atoms. The van der Waals surface area contributed by atoms with Crippen LogP contribution in [0.25, 0.3) is 5.57 Å². The Morgan fingerprint density at radius 3 is 2.46 bits per heavy atom. The first-order valence-corrected chi connectivity index (χ1v) is 10.2. The Morgan fingerprint density at radius 2 is 1.79 bits per heavy atom. The number of rotatable bonds is 5. The third-order valence-corrected chi connectivity index (χ3v) is 6.42. The molecule has 1 saturated heterocycles. The number of piperazine rings is 1. The second-order valence-corrected chi connectivity index (χ2v) is 8.44. The Morgan fingerprint density at radius 1 is 1.14 bits per heavy atom. The van der Waals surface area contributed by atoms with Gasteiger partial charge in [0.05, 0.1) is 16.3 Å². The van der Waals surface area contributed by atoms with E-state index in [1.165, 1.54) is 29.3 Å². The number of hydrogen-bond acceptors (Lipinski definition) is 5. The van der Waals surface area contributed by atoms with Crippen LogP contribution >= 0.6 is 0 Å². The monoisotopic (exact) mass is 399 g/mol. The molecule has 1 heterocycles. The smallest absolute Gasteiger partial charge is 0.245 e. The van der Waals surface area contributed by atoms with Gasteiger partial charge in [0.15, 0.2) is 0 Å². The average molecular weight is 399 g/mol. The fourth-order valence-corrected chi connectivity index (χ4v) is 4.70. The largest absolute Gasteiger partial charge is 0.404 e. The van der Waals surface area contributed by atoms with Gasteiger partial charge in [-0.2, -0.15) is 0 Å². The van der Waals surface area contributed by atoms with Gasteiger partial charge in [0.1, 0.15) is 6.04 Å². The molecule has 0 bridgehead atoms. The van der Waals surface area contributed by atoms with Crippen molar-refractivity contribution in [2.24, 2.45) is 5.73 Å². The number of benzene rings is 2. The van der Waals surface area contributed by atoms with Crippen molar-refractivity contribution in [2.45, 2.75) is 22.3 Å². The molecule has 7 nitrogen and oxygen atoms in total. The van der Waals surface area contributed by atoms with Crippen LogP contribution in [0.5, 0.6) is 0 Å². The van der Waals surface area contributed by atoms with Gasteiger partial charge in [0, 0.05) is 13.5 Å². The first-order chi connectivity index (χ1) is 13.3. The lowest BCUT2D eigenvalue weighted by molar-refractivity contribution is -0.142. The molecule has 2 amide bonds. The summed E-state index contributed by atoms with van der Waals surface area (Å²) in [5.41, 5.74) is 6.66. The number of nitrogens with zero attached hydrogens (tertiary/aromatic N) is 1. The number of likely N-dealkylation sites (N-methyl/N-ethyl adjacent to an activating group) is 1. The predicted molar refractivity (Wildman–Crippen MR) is 105 cm³/mol. The minimum Gasteiger partial charge on any atom is -0.404 e.